The molecule has 1 unspecified atom stereocenters. The maximum absolute atomic E-state index is 12.5. The molecule has 0 amide bonds. The lowest BCUT2D eigenvalue weighted by Gasteiger charge is -2.21. The predicted octanol–water partition coefficient (Wildman–Crippen LogP) is 1.38. The minimum Gasteiger partial charge on any atom is -0.398 e. The normalized spacial score (nSPS) is 20.1. The number of hydrogen-bond donors (Lipinski definition) is 1. The third kappa shape index (κ3) is 2.91. The molecule has 1 aliphatic rings. The molecule has 0 spiro atoms. The molecule has 106 valence electrons. The molecule has 6 heteroatoms. The van der Waals surface area contributed by atoms with Gasteiger partial charge in [0.05, 0.1) is 11.0 Å². The van der Waals surface area contributed by atoms with Gasteiger partial charge in [-0.05, 0) is 37.5 Å². The maximum atomic E-state index is 12.5. The Morgan fingerprint density at radius 1 is 1.47 bits per heavy atom. The molecule has 0 aromatic heterocycles. The van der Waals surface area contributed by atoms with Crippen molar-refractivity contribution in [3.8, 4) is 0 Å². The van der Waals surface area contributed by atoms with Gasteiger partial charge in [-0.15, -0.1) is 0 Å². The topological polar surface area (TPSA) is 72.6 Å². The van der Waals surface area contributed by atoms with Gasteiger partial charge in [-0.2, -0.15) is 4.31 Å². The fourth-order valence-electron chi connectivity index (χ4n) is 2.25. The number of ether oxygens (including phenoxy) is 1. The molecule has 0 saturated carbocycles. The van der Waals surface area contributed by atoms with Crippen molar-refractivity contribution in [2.24, 2.45) is 0 Å². The smallest absolute Gasteiger partial charge is 0.243 e. The van der Waals surface area contributed by atoms with E-state index in [9.17, 15) is 8.42 Å². The predicted molar refractivity (Wildman–Crippen MR) is 74.4 cm³/mol. The van der Waals surface area contributed by atoms with Crippen molar-refractivity contribution in [3.05, 3.63) is 23.8 Å². The van der Waals surface area contributed by atoms with Crippen LogP contribution in [0.5, 0.6) is 0 Å². The second-order valence-electron chi connectivity index (χ2n) is 4.89. The number of anilines is 1. The summed E-state index contributed by atoms with van der Waals surface area (Å²) in [5.41, 5.74) is 6.86. The van der Waals surface area contributed by atoms with Gasteiger partial charge in [-0.3, -0.25) is 0 Å². The molecule has 1 saturated heterocycles. The van der Waals surface area contributed by atoms with Crippen molar-refractivity contribution in [2.75, 3.05) is 25.9 Å². The molecule has 19 heavy (non-hydrogen) atoms. The standard InChI is InChI=1S/C13H20N2O3S/c1-10-12(14)6-3-7-13(10)19(16,17)15(2)9-11-5-4-8-18-11/h3,6-7,11H,4-5,8-9,14H2,1-2H3. The number of nitrogens with zero attached hydrogens (tertiary/aromatic N) is 1. The average molecular weight is 284 g/mol. The highest BCUT2D eigenvalue weighted by atomic mass is 32.2. The van der Waals surface area contributed by atoms with E-state index >= 15 is 0 Å². The van der Waals surface area contributed by atoms with Crippen LogP contribution in [-0.4, -0.2) is 39.0 Å². The molecule has 0 radical (unpaired) electrons. The Hall–Kier alpha value is -1.11. The Labute approximate surface area is 114 Å². The summed E-state index contributed by atoms with van der Waals surface area (Å²) in [6.07, 6.45) is 1.91. The molecule has 2 rings (SSSR count). The fraction of sp³-hybridized carbons (Fsp3) is 0.538. The monoisotopic (exact) mass is 284 g/mol. The molecule has 5 nitrogen and oxygen atoms in total. The van der Waals surface area contributed by atoms with E-state index in [1.807, 2.05) is 0 Å². The molecule has 1 aromatic carbocycles. The quantitative estimate of drug-likeness (QED) is 0.848. The molecule has 1 aliphatic heterocycles. The van der Waals surface area contributed by atoms with E-state index < -0.39 is 10.0 Å². The summed E-state index contributed by atoms with van der Waals surface area (Å²) in [7, 11) is -1.92. The summed E-state index contributed by atoms with van der Waals surface area (Å²) in [6, 6.07) is 4.95. The second kappa shape index (κ2) is 5.48. The lowest BCUT2D eigenvalue weighted by atomic mass is 10.2. The molecule has 1 fully saturated rings. The van der Waals surface area contributed by atoms with Crippen LogP contribution in [0.3, 0.4) is 0 Å². The zero-order valence-electron chi connectivity index (χ0n) is 11.3. The van der Waals surface area contributed by atoms with Gasteiger partial charge in [0, 0.05) is 25.9 Å². The van der Waals surface area contributed by atoms with E-state index in [1.54, 1.807) is 32.2 Å². The van der Waals surface area contributed by atoms with Crippen LogP contribution in [0.4, 0.5) is 5.69 Å². The Balaban J connectivity index is 2.23. The van der Waals surface area contributed by atoms with E-state index in [0.717, 1.165) is 19.4 Å². The average Bonchev–Trinajstić information content (AvgIpc) is 2.85. The summed E-state index contributed by atoms with van der Waals surface area (Å²) < 4.78 is 31.8. The van der Waals surface area contributed by atoms with Gasteiger partial charge in [-0.25, -0.2) is 8.42 Å². The van der Waals surface area contributed by atoms with E-state index in [-0.39, 0.29) is 11.0 Å². The van der Waals surface area contributed by atoms with Crippen molar-refractivity contribution < 1.29 is 13.2 Å². The largest absolute Gasteiger partial charge is 0.398 e. The van der Waals surface area contributed by atoms with Gasteiger partial charge in [0.2, 0.25) is 10.0 Å². The number of hydrogen-bond acceptors (Lipinski definition) is 4. The third-order valence-electron chi connectivity index (χ3n) is 3.50. The van der Waals surface area contributed by atoms with Crippen LogP contribution in [0, 0.1) is 6.92 Å². The molecular weight excluding hydrogens is 264 g/mol. The Kier molecular flexibility index (Phi) is 4.13. The lowest BCUT2D eigenvalue weighted by Crippen LogP contribution is -2.34. The summed E-state index contributed by atoms with van der Waals surface area (Å²) in [5, 5.41) is 0. The van der Waals surface area contributed by atoms with Gasteiger partial charge >= 0.3 is 0 Å². The summed E-state index contributed by atoms with van der Waals surface area (Å²) in [6.45, 7) is 2.83. The maximum Gasteiger partial charge on any atom is 0.243 e. The van der Waals surface area contributed by atoms with Crippen LogP contribution in [0.15, 0.2) is 23.1 Å². The van der Waals surface area contributed by atoms with Crippen LogP contribution >= 0.6 is 0 Å². The van der Waals surface area contributed by atoms with E-state index in [4.69, 9.17) is 10.5 Å². The van der Waals surface area contributed by atoms with Crippen LogP contribution < -0.4 is 5.73 Å². The zero-order valence-corrected chi connectivity index (χ0v) is 12.1. The molecule has 1 heterocycles. The zero-order chi connectivity index (χ0) is 14.0. The number of nitrogen functional groups attached to an aromatic ring is 1. The molecule has 1 atom stereocenters. The Morgan fingerprint density at radius 2 is 2.21 bits per heavy atom. The lowest BCUT2D eigenvalue weighted by molar-refractivity contribution is 0.0979. The minimum absolute atomic E-state index is 0.00106. The first-order valence-electron chi connectivity index (χ1n) is 6.36. The van der Waals surface area contributed by atoms with Crippen LogP contribution in [0.25, 0.3) is 0 Å². The minimum atomic E-state index is -3.51. The number of sulfonamides is 1. The summed E-state index contributed by atoms with van der Waals surface area (Å²) >= 11 is 0. The highest BCUT2D eigenvalue weighted by molar-refractivity contribution is 7.89. The highest BCUT2D eigenvalue weighted by Gasteiger charge is 2.27. The van der Waals surface area contributed by atoms with Crippen molar-refractivity contribution >= 4 is 15.7 Å². The molecule has 0 bridgehead atoms. The van der Waals surface area contributed by atoms with Crippen molar-refractivity contribution in [2.45, 2.75) is 30.8 Å². The van der Waals surface area contributed by atoms with Crippen molar-refractivity contribution in [1.29, 1.82) is 0 Å². The number of nitrogens with two attached hydrogens (primary N) is 1. The van der Waals surface area contributed by atoms with Crippen LogP contribution in [0.2, 0.25) is 0 Å². The number of benzene rings is 1. The second-order valence-corrected chi connectivity index (χ2v) is 6.90. The fourth-order valence-corrected chi connectivity index (χ4v) is 3.71. The van der Waals surface area contributed by atoms with Gasteiger partial charge in [0.25, 0.3) is 0 Å². The van der Waals surface area contributed by atoms with Gasteiger partial charge < -0.3 is 10.5 Å². The number of likely N-dealkylation sites (N-methyl/N-ethyl adjacent to an activating group) is 1. The summed E-state index contributed by atoms with van der Waals surface area (Å²) in [5.74, 6) is 0. The Morgan fingerprint density at radius 3 is 2.84 bits per heavy atom. The third-order valence-corrected chi connectivity index (χ3v) is 5.47. The van der Waals surface area contributed by atoms with Gasteiger partial charge in [0.15, 0.2) is 0 Å². The van der Waals surface area contributed by atoms with E-state index in [1.165, 1.54) is 4.31 Å². The molecule has 2 N–H and O–H groups in total. The highest BCUT2D eigenvalue weighted by Crippen LogP contribution is 2.24. The first kappa shape index (κ1) is 14.3. The first-order valence-corrected chi connectivity index (χ1v) is 7.80. The molecule has 1 aromatic rings. The van der Waals surface area contributed by atoms with Crippen molar-refractivity contribution in [3.63, 3.8) is 0 Å². The van der Waals surface area contributed by atoms with Gasteiger partial charge in [-0.1, -0.05) is 6.07 Å². The van der Waals surface area contributed by atoms with Crippen LogP contribution in [0.1, 0.15) is 18.4 Å². The number of rotatable bonds is 4. The summed E-state index contributed by atoms with van der Waals surface area (Å²) in [4.78, 5) is 0.271. The first-order chi connectivity index (χ1) is 8.93. The van der Waals surface area contributed by atoms with Crippen LogP contribution in [-0.2, 0) is 14.8 Å². The van der Waals surface area contributed by atoms with Gasteiger partial charge in [0.1, 0.15) is 0 Å². The SMILES string of the molecule is Cc1c(N)cccc1S(=O)(=O)N(C)CC1CCCO1. The molecule has 0 aliphatic carbocycles. The Bertz CT molecular complexity index is 551. The van der Waals surface area contributed by atoms with E-state index in [2.05, 4.69) is 0 Å². The van der Waals surface area contributed by atoms with Crippen molar-refractivity contribution in [1.82, 2.24) is 4.31 Å². The van der Waals surface area contributed by atoms with E-state index in [0.29, 0.717) is 17.8 Å². The molecular formula is C13H20N2O3S.